The first-order valence-electron chi connectivity index (χ1n) is 9.76. The first-order valence-corrected chi connectivity index (χ1v) is 10.6. The lowest BCUT2D eigenvalue weighted by Gasteiger charge is -2.20. The van der Waals surface area contributed by atoms with Gasteiger partial charge in [0.25, 0.3) is 0 Å². The van der Waals surface area contributed by atoms with Crippen molar-refractivity contribution >= 4 is 40.6 Å². The Morgan fingerprint density at radius 2 is 1.69 bits per heavy atom. The average Bonchev–Trinajstić information content (AvgIpc) is 3.40. The van der Waals surface area contributed by atoms with Crippen LogP contribution in [0.2, 0.25) is 0 Å². The number of carbonyl (C=O) groups excluding carboxylic acids is 2. The first-order chi connectivity index (χ1) is 14.1. The van der Waals surface area contributed by atoms with E-state index in [0.29, 0.717) is 12.2 Å². The van der Waals surface area contributed by atoms with Crippen molar-refractivity contribution in [1.82, 2.24) is 0 Å². The van der Waals surface area contributed by atoms with Crippen LogP contribution >= 0.6 is 11.8 Å². The average molecular weight is 407 g/mol. The zero-order valence-electron chi connectivity index (χ0n) is 16.0. The number of nitrogens with zero attached hydrogens (tertiary/aromatic N) is 3. The van der Waals surface area contributed by atoms with Crippen LogP contribution < -0.4 is 15.1 Å². The summed E-state index contributed by atoms with van der Waals surface area (Å²) in [5.41, 5.74) is 2.69. The molecule has 0 aliphatic carbocycles. The van der Waals surface area contributed by atoms with Gasteiger partial charge in [-0.1, -0.05) is 0 Å². The maximum absolute atomic E-state index is 12.6. The molecule has 2 aromatic carbocycles. The van der Waals surface area contributed by atoms with E-state index < -0.39 is 0 Å². The quantitative estimate of drug-likeness (QED) is 0.603. The molecule has 29 heavy (non-hydrogen) atoms. The number of nitrogens with one attached hydrogen (secondary N) is 1. The number of anilines is 3. The molecular weight excluding hydrogens is 384 g/mol. The number of rotatable bonds is 5. The molecule has 148 valence electrons. The Morgan fingerprint density at radius 3 is 2.34 bits per heavy atom. The minimum absolute atomic E-state index is 0.0279. The zero-order valence-corrected chi connectivity index (χ0v) is 16.8. The van der Waals surface area contributed by atoms with Crippen LogP contribution in [0.1, 0.15) is 19.3 Å². The van der Waals surface area contributed by atoms with Gasteiger partial charge in [0.2, 0.25) is 11.8 Å². The molecule has 0 spiro atoms. The standard InChI is InChI=1S/C22H22N4O2S/c23-15-29-20-9-3-17(4-10-20)24-22(28)16-13-21(27)26(14-16)19-7-5-18(6-8-19)25-11-1-2-12-25/h3-10,16H,1-2,11-14H2,(H,24,28). The second-order valence-electron chi connectivity index (χ2n) is 7.32. The molecule has 6 nitrogen and oxygen atoms in total. The molecule has 2 heterocycles. The van der Waals surface area contributed by atoms with Crippen LogP contribution in [0.3, 0.4) is 0 Å². The molecule has 2 saturated heterocycles. The topological polar surface area (TPSA) is 76.4 Å². The maximum Gasteiger partial charge on any atom is 0.229 e. The zero-order chi connectivity index (χ0) is 20.2. The second-order valence-corrected chi connectivity index (χ2v) is 8.18. The predicted molar refractivity (Wildman–Crippen MR) is 115 cm³/mol. The Balaban J connectivity index is 1.38. The molecule has 2 fully saturated rings. The highest BCUT2D eigenvalue weighted by Crippen LogP contribution is 2.29. The molecule has 4 rings (SSSR count). The summed E-state index contributed by atoms with van der Waals surface area (Å²) < 4.78 is 0. The van der Waals surface area contributed by atoms with Crippen molar-refractivity contribution in [2.45, 2.75) is 24.2 Å². The molecule has 1 N–H and O–H groups in total. The number of carbonyl (C=O) groups is 2. The van der Waals surface area contributed by atoms with Crippen LogP contribution in [0.15, 0.2) is 53.4 Å². The van der Waals surface area contributed by atoms with Crippen LogP contribution in [-0.2, 0) is 9.59 Å². The largest absolute Gasteiger partial charge is 0.372 e. The summed E-state index contributed by atoms with van der Waals surface area (Å²) in [7, 11) is 0. The molecule has 0 saturated carbocycles. The highest BCUT2D eigenvalue weighted by molar-refractivity contribution is 8.03. The van der Waals surface area contributed by atoms with Crippen LogP contribution in [0, 0.1) is 16.6 Å². The molecule has 7 heteroatoms. The van der Waals surface area contributed by atoms with Gasteiger partial charge < -0.3 is 15.1 Å². The number of amides is 2. The fourth-order valence-corrected chi connectivity index (χ4v) is 4.23. The Labute approximate surface area is 174 Å². The highest BCUT2D eigenvalue weighted by atomic mass is 32.2. The van der Waals surface area contributed by atoms with E-state index in [-0.39, 0.29) is 24.2 Å². The first kappa shape index (κ1) is 19.3. The van der Waals surface area contributed by atoms with Crippen molar-refractivity contribution in [2.24, 2.45) is 5.92 Å². The van der Waals surface area contributed by atoms with Gasteiger partial charge in [0.05, 0.1) is 5.92 Å². The summed E-state index contributed by atoms with van der Waals surface area (Å²) in [5.74, 6) is -0.566. The van der Waals surface area contributed by atoms with Crippen LogP contribution in [0.4, 0.5) is 17.1 Å². The SMILES string of the molecule is N#CSc1ccc(NC(=O)C2CC(=O)N(c3ccc(N4CCCC4)cc3)C2)cc1. The Hall–Kier alpha value is -2.98. The van der Waals surface area contributed by atoms with Crippen molar-refractivity contribution in [3.05, 3.63) is 48.5 Å². The number of hydrogen-bond donors (Lipinski definition) is 1. The number of benzene rings is 2. The molecule has 0 bridgehead atoms. The molecule has 0 aromatic heterocycles. The molecule has 2 aliphatic rings. The van der Waals surface area contributed by atoms with E-state index >= 15 is 0 Å². The second kappa shape index (κ2) is 8.58. The minimum Gasteiger partial charge on any atom is -0.372 e. The van der Waals surface area contributed by atoms with Crippen molar-refractivity contribution in [3.8, 4) is 5.40 Å². The van der Waals surface area contributed by atoms with E-state index in [2.05, 4.69) is 22.3 Å². The molecule has 2 aromatic rings. The molecule has 1 atom stereocenters. The van der Waals surface area contributed by atoms with E-state index in [4.69, 9.17) is 5.26 Å². The van der Waals surface area contributed by atoms with Gasteiger partial charge in [-0.2, -0.15) is 5.26 Å². The Morgan fingerprint density at radius 1 is 1.03 bits per heavy atom. The van der Waals surface area contributed by atoms with Crippen LogP contribution in [0.5, 0.6) is 0 Å². The summed E-state index contributed by atoms with van der Waals surface area (Å²) in [4.78, 5) is 30.0. The van der Waals surface area contributed by atoms with Gasteiger partial charge >= 0.3 is 0 Å². The Bertz CT molecular complexity index is 931. The van der Waals surface area contributed by atoms with Gasteiger partial charge in [-0.3, -0.25) is 9.59 Å². The van der Waals surface area contributed by atoms with Crippen molar-refractivity contribution < 1.29 is 9.59 Å². The van der Waals surface area contributed by atoms with E-state index in [1.165, 1.54) is 18.5 Å². The van der Waals surface area contributed by atoms with Gasteiger partial charge in [-0.15, -0.1) is 0 Å². The van der Waals surface area contributed by atoms with E-state index in [0.717, 1.165) is 35.4 Å². The van der Waals surface area contributed by atoms with Gasteiger partial charge in [-0.05, 0) is 73.1 Å². The third-order valence-electron chi connectivity index (χ3n) is 5.41. The number of thioether (sulfide) groups is 1. The van der Waals surface area contributed by atoms with Crippen molar-refractivity contribution in [1.29, 1.82) is 5.26 Å². The van der Waals surface area contributed by atoms with Crippen molar-refractivity contribution in [2.75, 3.05) is 34.8 Å². The lowest BCUT2D eigenvalue weighted by molar-refractivity contribution is -0.122. The summed E-state index contributed by atoms with van der Waals surface area (Å²) in [6, 6.07) is 15.2. The van der Waals surface area contributed by atoms with Gasteiger partial charge in [0.15, 0.2) is 0 Å². The third kappa shape index (κ3) is 4.38. The van der Waals surface area contributed by atoms with E-state index in [1.54, 1.807) is 29.2 Å². The molecule has 1 unspecified atom stereocenters. The van der Waals surface area contributed by atoms with Gasteiger partial charge in [-0.25, -0.2) is 0 Å². The number of nitriles is 1. The third-order valence-corrected chi connectivity index (χ3v) is 6.01. The normalized spacial score (nSPS) is 18.7. The lowest BCUT2D eigenvalue weighted by Crippen LogP contribution is -2.28. The van der Waals surface area contributed by atoms with Gasteiger partial charge in [0, 0.05) is 48.0 Å². The van der Waals surface area contributed by atoms with E-state index in [9.17, 15) is 9.59 Å². The van der Waals surface area contributed by atoms with Crippen molar-refractivity contribution in [3.63, 3.8) is 0 Å². The Kier molecular flexibility index (Phi) is 5.72. The molecular formula is C22H22N4O2S. The molecule has 2 aliphatic heterocycles. The van der Waals surface area contributed by atoms with Crippen LogP contribution in [-0.4, -0.2) is 31.4 Å². The fraction of sp³-hybridized carbons (Fsp3) is 0.318. The minimum atomic E-state index is -0.381. The molecule has 2 amide bonds. The smallest absolute Gasteiger partial charge is 0.229 e. The van der Waals surface area contributed by atoms with Crippen LogP contribution in [0.25, 0.3) is 0 Å². The predicted octanol–water partition coefficient (Wildman–Crippen LogP) is 3.85. The monoisotopic (exact) mass is 406 g/mol. The highest BCUT2D eigenvalue weighted by Gasteiger charge is 2.35. The lowest BCUT2D eigenvalue weighted by atomic mass is 10.1. The maximum atomic E-state index is 12.6. The van der Waals surface area contributed by atoms with E-state index in [1.807, 2.05) is 17.5 Å². The number of thiocyanates is 1. The summed E-state index contributed by atoms with van der Waals surface area (Å²) in [5, 5.41) is 13.6. The molecule has 0 radical (unpaired) electrons. The fourth-order valence-electron chi connectivity index (χ4n) is 3.85. The number of hydrogen-bond acceptors (Lipinski definition) is 5. The van der Waals surface area contributed by atoms with Gasteiger partial charge in [0.1, 0.15) is 5.40 Å². The summed E-state index contributed by atoms with van der Waals surface area (Å²) in [6.45, 7) is 2.55. The summed E-state index contributed by atoms with van der Waals surface area (Å²) >= 11 is 1.07. The summed E-state index contributed by atoms with van der Waals surface area (Å²) in [6.07, 6.45) is 2.66.